The van der Waals surface area contributed by atoms with Gasteiger partial charge >= 0.3 is 12.1 Å². The highest BCUT2D eigenvalue weighted by Crippen LogP contribution is 2.36. The number of benzene rings is 2. The third-order valence-electron chi connectivity index (χ3n) is 3.09. The molecule has 0 saturated carbocycles. The molecule has 0 amide bonds. The zero-order chi connectivity index (χ0) is 15.1. The second-order valence-electron chi connectivity index (χ2n) is 4.38. The molecule has 20 heavy (non-hydrogen) atoms. The summed E-state index contributed by atoms with van der Waals surface area (Å²) in [6, 6.07) is 4.45. The number of hydrogen-bond acceptors (Lipinski definition) is 2. The van der Waals surface area contributed by atoms with Crippen molar-refractivity contribution in [3.05, 3.63) is 41.0 Å². The molecule has 0 fully saturated rings. The third kappa shape index (κ3) is 2.41. The van der Waals surface area contributed by atoms with Crippen molar-refractivity contribution in [3.63, 3.8) is 0 Å². The topological polar surface area (TPSA) is 57.5 Å². The van der Waals surface area contributed by atoms with Crippen LogP contribution >= 0.6 is 0 Å². The van der Waals surface area contributed by atoms with Crippen LogP contribution in [0.5, 0.6) is 5.75 Å². The van der Waals surface area contributed by atoms with Crippen molar-refractivity contribution in [2.24, 2.45) is 0 Å². The zero-order valence-corrected chi connectivity index (χ0v) is 10.5. The lowest BCUT2D eigenvalue weighted by atomic mass is 9.97. The van der Waals surface area contributed by atoms with Crippen molar-refractivity contribution in [2.75, 3.05) is 0 Å². The Morgan fingerprint density at radius 2 is 1.75 bits per heavy atom. The second kappa shape index (κ2) is 4.70. The highest BCUT2D eigenvalue weighted by molar-refractivity contribution is 5.97. The molecule has 2 rings (SSSR count). The molecule has 6 heteroatoms. The molecular formula is C14H11F3O3. The van der Waals surface area contributed by atoms with E-state index in [0.717, 1.165) is 12.1 Å². The molecule has 2 aromatic rings. The summed E-state index contributed by atoms with van der Waals surface area (Å²) in [7, 11) is 0. The number of aromatic hydroxyl groups is 1. The minimum absolute atomic E-state index is 0.101. The molecule has 2 aromatic carbocycles. The Labute approximate surface area is 112 Å². The summed E-state index contributed by atoms with van der Waals surface area (Å²) in [5.41, 5.74) is -1.47. The first-order chi connectivity index (χ1) is 9.24. The first kappa shape index (κ1) is 14.2. The number of fused-ring (bicyclic) bond motifs is 1. The number of phenolic OH excluding ortho intramolecular Hbond substituents is 1. The lowest BCUT2D eigenvalue weighted by molar-refractivity contribution is -0.138. The molecule has 0 unspecified atom stereocenters. The molecule has 0 aromatic heterocycles. The monoisotopic (exact) mass is 284 g/mol. The van der Waals surface area contributed by atoms with Crippen LogP contribution in [0, 0.1) is 0 Å². The Morgan fingerprint density at radius 1 is 1.15 bits per heavy atom. The van der Waals surface area contributed by atoms with Gasteiger partial charge in [0.2, 0.25) is 0 Å². The van der Waals surface area contributed by atoms with Crippen LogP contribution in [0.25, 0.3) is 10.8 Å². The Kier molecular flexibility index (Phi) is 3.33. The van der Waals surface area contributed by atoms with Gasteiger partial charge in [0, 0.05) is 0 Å². The van der Waals surface area contributed by atoms with E-state index < -0.39 is 23.3 Å². The first-order valence-corrected chi connectivity index (χ1v) is 5.84. The number of halogens is 3. The molecule has 106 valence electrons. The molecule has 0 aliphatic rings. The summed E-state index contributed by atoms with van der Waals surface area (Å²) >= 11 is 0. The first-order valence-electron chi connectivity index (χ1n) is 5.84. The summed E-state index contributed by atoms with van der Waals surface area (Å²) in [4.78, 5) is 11.0. The van der Waals surface area contributed by atoms with E-state index in [4.69, 9.17) is 5.11 Å². The van der Waals surface area contributed by atoms with E-state index in [0.29, 0.717) is 17.4 Å². The number of rotatable bonds is 2. The number of carbonyl (C=O) groups is 1. The van der Waals surface area contributed by atoms with Gasteiger partial charge in [-0.05, 0) is 47.0 Å². The van der Waals surface area contributed by atoms with E-state index in [2.05, 4.69) is 0 Å². The molecule has 0 atom stereocenters. The lowest BCUT2D eigenvalue weighted by Crippen LogP contribution is -2.12. The largest absolute Gasteiger partial charge is 0.508 e. The molecule has 0 bridgehead atoms. The van der Waals surface area contributed by atoms with Gasteiger partial charge in [0.05, 0.1) is 11.1 Å². The van der Waals surface area contributed by atoms with Crippen molar-refractivity contribution in [1.82, 2.24) is 0 Å². The van der Waals surface area contributed by atoms with Crippen molar-refractivity contribution in [3.8, 4) is 5.75 Å². The van der Waals surface area contributed by atoms with Gasteiger partial charge < -0.3 is 10.2 Å². The zero-order valence-electron chi connectivity index (χ0n) is 10.5. The van der Waals surface area contributed by atoms with Crippen LogP contribution in [-0.4, -0.2) is 16.2 Å². The van der Waals surface area contributed by atoms with Gasteiger partial charge in [-0.1, -0.05) is 6.92 Å². The number of carboxylic acid groups (broad SMARTS) is 1. The minimum Gasteiger partial charge on any atom is -0.508 e. The molecular weight excluding hydrogens is 273 g/mol. The average Bonchev–Trinajstić information content (AvgIpc) is 2.35. The lowest BCUT2D eigenvalue weighted by Gasteiger charge is -2.13. The SMILES string of the molecule is CCc1cc2cc(C(=O)O)c(C(F)(F)F)cc2cc1O. The predicted octanol–water partition coefficient (Wildman–Crippen LogP) is 3.82. The summed E-state index contributed by atoms with van der Waals surface area (Å²) in [6.45, 7) is 1.78. The number of aryl methyl sites for hydroxylation is 1. The predicted molar refractivity (Wildman–Crippen MR) is 67.0 cm³/mol. The van der Waals surface area contributed by atoms with Gasteiger partial charge in [-0.3, -0.25) is 0 Å². The van der Waals surface area contributed by atoms with Gasteiger partial charge in [0.1, 0.15) is 5.75 Å². The van der Waals surface area contributed by atoms with Gasteiger partial charge in [0.25, 0.3) is 0 Å². The van der Waals surface area contributed by atoms with Crippen molar-refractivity contribution >= 4 is 16.7 Å². The van der Waals surface area contributed by atoms with Gasteiger partial charge in [-0.15, -0.1) is 0 Å². The van der Waals surface area contributed by atoms with Crippen LogP contribution in [0.2, 0.25) is 0 Å². The normalized spacial score (nSPS) is 11.8. The summed E-state index contributed by atoms with van der Waals surface area (Å²) in [5, 5.41) is 19.1. The van der Waals surface area contributed by atoms with E-state index in [1.54, 1.807) is 6.92 Å². The second-order valence-corrected chi connectivity index (χ2v) is 4.38. The van der Waals surface area contributed by atoms with Crippen LogP contribution in [0.4, 0.5) is 13.2 Å². The highest BCUT2D eigenvalue weighted by Gasteiger charge is 2.35. The third-order valence-corrected chi connectivity index (χ3v) is 3.09. The average molecular weight is 284 g/mol. The van der Waals surface area contributed by atoms with Crippen LogP contribution in [0.15, 0.2) is 24.3 Å². The van der Waals surface area contributed by atoms with E-state index in [1.165, 1.54) is 12.1 Å². The summed E-state index contributed by atoms with van der Waals surface area (Å²) in [5.74, 6) is -1.73. The van der Waals surface area contributed by atoms with Crippen molar-refractivity contribution < 1.29 is 28.2 Å². The number of carboxylic acids is 1. The van der Waals surface area contributed by atoms with Gasteiger partial charge in [-0.2, -0.15) is 13.2 Å². The molecule has 0 saturated heterocycles. The fourth-order valence-corrected chi connectivity index (χ4v) is 2.08. The van der Waals surface area contributed by atoms with Crippen LogP contribution in [-0.2, 0) is 12.6 Å². The summed E-state index contributed by atoms with van der Waals surface area (Å²) < 4.78 is 38.6. The fraction of sp³-hybridized carbons (Fsp3) is 0.214. The van der Waals surface area contributed by atoms with Gasteiger partial charge in [0.15, 0.2) is 0 Å². The quantitative estimate of drug-likeness (QED) is 0.881. The van der Waals surface area contributed by atoms with E-state index in [9.17, 15) is 23.1 Å². The Hall–Kier alpha value is -2.24. The minimum atomic E-state index is -4.76. The number of hydrogen-bond donors (Lipinski definition) is 2. The van der Waals surface area contributed by atoms with Crippen LogP contribution < -0.4 is 0 Å². The smallest absolute Gasteiger partial charge is 0.417 e. The van der Waals surface area contributed by atoms with E-state index in [1.807, 2.05) is 0 Å². The van der Waals surface area contributed by atoms with E-state index in [-0.39, 0.29) is 11.1 Å². The van der Waals surface area contributed by atoms with Crippen molar-refractivity contribution in [2.45, 2.75) is 19.5 Å². The number of alkyl halides is 3. The van der Waals surface area contributed by atoms with Crippen LogP contribution in [0.3, 0.4) is 0 Å². The summed E-state index contributed by atoms with van der Waals surface area (Å²) in [6.07, 6.45) is -4.27. The molecule has 0 heterocycles. The fourth-order valence-electron chi connectivity index (χ4n) is 2.08. The molecule has 0 aliphatic heterocycles. The molecule has 0 aliphatic carbocycles. The van der Waals surface area contributed by atoms with Crippen molar-refractivity contribution in [1.29, 1.82) is 0 Å². The standard InChI is InChI=1S/C14H11F3O3/c1-2-7-3-8-4-10(13(19)20)11(14(15,16)17)5-9(8)6-12(7)18/h3-6,18H,2H2,1H3,(H,19,20). The van der Waals surface area contributed by atoms with Crippen LogP contribution in [0.1, 0.15) is 28.4 Å². The van der Waals surface area contributed by atoms with E-state index >= 15 is 0 Å². The molecule has 2 N–H and O–H groups in total. The maximum absolute atomic E-state index is 12.9. The Morgan fingerprint density at radius 3 is 2.25 bits per heavy atom. The molecule has 3 nitrogen and oxygen atoms in total. The molecule has 0 radical (unpaired) electrons. The highest BCUT2D eigenvalue weighted by atomic mass is 19.4. The maximum atomic E-state index is 12.9. The maximum Gasteiger partial charge on any atom is 0.417 e. The number of aromatic carboxylic acids is 1. The van der Waals surface area contributed by atoms with Gasteiger partial charge in [-0.25, -0.2) is 4.79 Å². The Balaban J connectivity index is 2.82. The Bertz CT molecular complexity index is 690. The molecule has 0 spiro atoms. The number of phenols is 1.